The van der Waals surface area contributed by atoms with Gasteiger partial charge in [-0.3, -0.25) is 4.57 Å². The molecule has 1 aromatic carbocycles. The van der Waals surface area contributed by atoms with Gasteiger partial charge in [0, 0.05) is 18.3 Å². The Hall–Kier alpha value is -3.73. The molecule has 0 aliphatic heterocycles. The second kappa shape index (κ2) is 9.41. The molecular weight excluding hydrogens is 446 g/mol. The summed E-state index contributed by atoms with van der Waals surface area (Å²) in [5, 5.41) is 7.74. The van der Waals surface area contributed by atoms with Gasteiger partial charge in [-0.2, -0.15) is 0 Å². The van der Waals surface area contributed by atoms with E-state index in [4.69, 9.17) is 13.9 Å². The maximum absolute atomic E-state index is 13.3. The summed E-state index contributed by atoms with van der Waals surface area (Å²) in [6, 6.07) is 10.4. The van der Waals surface area contributed by atoms with Crippen LogP contribution in [0.2, 0.25) is 0 Å². The minimum Gasteiger partial charge on any atom is -0.494 e. The van der Waals surface area contributed by atoms with Crippen LogP contribution in [-0.4, -0.2) is 52.6 Å². The number of nitrogens with zero attached hydrogens (tertiary/aromatic N) is 5. The quantitative estimate of drug-likeness (QED) is 0.364. The molecule has 4 aromatic rings. The molecule has 0 saturated carbocycles. The average Bonchev–Trinajstić information content (AvgIpc) is 3.49. The van der Waals surface area contributed by atoms with Gasteiger partial charge in [-0.1, -0.05) is 6.07 Å². The van der Waals surface area contributed by atoms with Crippen molar-refractivity contribution in [3.05, 3.63) is 66.7 Å². The van der Waals surface area contributed by atoms with Gasteiger partial charge in [0.05, 0.1) is 25.7 Å². The van der Waals surface area contributed by atoms with Crippen LogP contribution in [0.5, 0.6) is 11.5 Å². The molecule has 0 bridgehead atoms. The lowest BCUT2D eigenvalue weighted by Gasteiger charge is -2.18. The summed E-state index contributed by atoms with van der Waals surface area (Å²) in [6.07, 6.45) is 4.74. The molecule has 10 nitrogen and oxygen atoms in total. The van der Waals surface area contributed by atoms with E-state index in [0.717, 1.165) is 0 Å². The van der Waals surface area contributed by atoms with E-state index in [2.05, 4.69) is 20.2 Å². The van der Waals surface area contributed by atoms with Gasteiger partial charge in [-0.15, -0.1) is 10.2 Å². The van der Waals surface area contributed by atoms with Crippen molar-refractivity contribution in [3.8, 4) is 28.8 Å². The third kappa shape index (κ3) is 4.58. The molecular formula is C22H23N5O5S. The average molecular weight is 470 g/mol. The molecule has 0 unspecified atom stereocenters. The summed E-state index contributed by atoms with van der Waals surface area (Å²) >= 11 is 0. The van der Waals surface area contributed by atoms with Crippen LogP contribution in [0.15, 0.2) is 59.6 Å². The van der Waals surface area contributed by atoms with Crippen molar-refractivity contribution in [2.24, 2.45) is 0 Å². The first-order valence-electron chi connectivity index (χ1n) is 10.1. The molecule has 3 heterocycles. The van der Waals surface area contributed by atoms with Crippen molar-refractivity contribution in [2.45, 2.75) is 24.3 Å². The van der Waals surface area contributed by atoms with Crippen LogP contribution >= 0.6 is 0 Å². The molecule has 0 fully saturated rings. The molecule has 1 atom stereocenters. The lowest BCUT2D eigenvalue weighted by atomic mass is 10.2. The molecule has 4 rings (SSSR count). The molecule has 0 saturated heterocycles. The Morgan fingerprint density at radius 2 is 1.82 bits per heavy atom. The molecule has 0 radical (unpaired) electrons. The van der Waals surface area contributed by atoms with E-state index >= 15 is 0 Å². The highest BCUT2D eigenvalue weighted by molar-refractivity contribution is 7.91. The van der Waals surface area contributed by atoms with Gasteiger partial charge < -0.3 is 13.9 Å². The van der Waals surface area contributed by atoms with Crippen molar-refractivity contribution in [1.82, 2.24) is 24.7 Å². The summed E-state index contributed by atoms with van der Waals surface area (Å²) in [6.45, 7) is 1.65. The normalized spacial score (nSPS) is 12.5. The summed E-state index contributed by atoms with van der Waals surface area (Å²) in [7, 11) is -0.586. The number of methoxy groups -OCH3 is 2. The maximum atomic E-state index is 13.3. The molecule has 0 N–H and O–H groups in total. The third-order valence-corrected chi connectivity index (χ3v) is 7.23. The fraction of sp³-hybridized carbons (Fsp3) is 0.273. The highest BCUT2D eigenvalue weighted by Crippen LogP contribution is 2.36. The fourth-order valence-electron chi connectivity index (χ4n) is 3.44. The van der Waals surface area contributed by atoms with E-state index in [0.29, 0.717) is 34.5 Å². The van der Waals surface area contributed by atoms with Crippen molar-refractivity contribution in [1.29, 1.82) is 0 Å². The van der Waals surface area contributed by atoms with Gasteiger partial charge in [0.2, 0.25) is 5.82 Å². The van der Waals surface area contributed by atoms with Gasteiger partial charge in [-0.05, 0) is 37.3 Å². The highest BCUT2D eigenvalue weighted by Gasteiger charge is 2.29. The second-order valence-electron chi connectivity index (χ2n) is 7.29. The summed E-state index contributed by atoms with van der Waals surface area (Å²) in [5.74, 6) is 1.54. The lowest BCUT2D eigenvalue weighted by Crippen LogP contribution is -2.24. The highest BCUT2D eigenvalue weighted by atomic mass is 32.2. The zero-order valence-electron chi connectivity index (χ0n) is 18.4. The molecule has 33 heavy (non-hydrogen) atoms. The van der Waals surface area contributed by atoms with Gasteiger partial charge >= 0.3 is 0 Å². The van der Waals surface area contributed by atoms with E-state index in [1.54, 1.807) is 54.1 Å². The minimum atomic E-state index is -3.63. The van der Waals surface area contributed by atoms with Crippen LogP contribution in [0.4, 0.5) is 0 Å². The van der Waals surface area contributed by atoms with Crippen molar-refractivity contribution in [3.63, 3.8) is 0 Å². The Bertz CT molecular complexity index is 1300. The predicted molar refractivity (Wildman–Crippen MR) is 120 cm³/mol. The van der Waals surface area contributed by atoms with Gasteiger partial charge in [0.1, 0.15) is 29.3 Å². The number of rotatable bonds is 9. The fourth-order valence-corrected chi connectivity index (χ4v) is 4.70. The molecule has 3 aromatic heterocycles. The van der Waals surface area contributed by atoms with E-state index in [1.807, 2.05) is 0 Å². The lowest BCUT2D eigenvalue weighted by molar-refractivity contribution is 0.390. The first-order valence-corrected chi connectivity index (χ1v) is 11.8. The molecule has 0 aliphatic carbocycles. The number of para-hydroxylation sites is 1. The molecule has 0 aliphatic rings. The van der Waals surface area contributed by atoms with Crippen LogP contribution in [0.3, 0.4) is 0 Å². The smallest absolute Gasteiger partial charge is 0.204 e. The van der Waals surface area contributed by atoms with Crippen LogP contribution in [0.25, 0.3) is 17.3 Å². The zero-order valence-corrected chi connectivity index (χ0v) is 19.2. The molecule has 0 spiro atoms. The predicted octanol–water partition coefficient (Wildman–Crippen LogP) is 2.88. The Morgan fingerprint density at radius 3 is 2.42 bits per heavy atom. The SMILES string of the molecule is COc1cccc(OC)c1-n1c(CS(=O)(=O)[C@@H](C)Cc2ccncn2)nnc1-c1ccco1. The van der Waals surface area contributed by atoms with Crippen LogP contribution in [0.1, 0.15) is 18.4 Å². The number of furan rings is 1. The van der Waals surface area contributed by atoms with E-state index in [1.165, 1.54) is 26.8 Å². The maximum Gasteiger partial charge on any atom is 0.204 e. The van der Waals surface area contributed by atoms with E-state index in [9.17, 15) is 8.42 Å². The Morgan fingerprint density at radius 1 is 1.06 bits per heavy atom. The summed E-state index contributed by atoms with van der Waals surface area (Å²) < 4.78 is 44.8. The van der Waals surface area contributed by atoms with Crippen LogP contribution < -0.4 is 9.47 Å². The van der Waals surface area contributed by atoms with Crippen LogP contribution in [-0.2, 0) is 22.0 Å². The minimum absolute atomic E-state index is 0.207. The number of sulfone groups is 1. The number of hydrogen-bond donors (Lipinski definition) is 0. The molecule has 172 valence electrons. The van der Waals surface area contributed by atoms with Crippen molar-refractivity contribution in [2.75, 3.05) is 14.2 Å². The van der Waals surface area contributed by atoms with Gasteiger partial charge in [-0.25, -0.2) is 18.4 Å². The topological polar surface area (TPSA) is 122 Å². The number of ether oxygens (including phenoxy) is 2. The Kier molecular flexibility index (Phi) is 6.40. The van der Waals surface area contributed by atoms with Crippen molar-refractivity contribution >= 4 is 9.84 Å². The third-order valence-electron chi connectivity index (χ3n) is 5.18. The van der Waals surface area contributed by atoms with Gasteiger partial charge in [0.15, 0.2) is 21.4 Å². The van der Waals surface area contributed by atoms with E-state index < -0.39 is 15.1 Å². The summed E-state index contributed by atoms with van der Waals surface area (Å²) in [5.41, 5.74) is 1.12. The standard InChI is InChI=1S/C22H23N5O5S/c1-15(12-16-9-10-23-14-24-16)33(28,29)13-20-25-26-22(19-8-5-11-32-19)27(20)21-17(30-2)6-4-7-18(21)31-3/h4-11,14-15H,12-13H2,1-3H3/t15-/m0/s1. The van der Waals surface area contributed by atoms with Gasteiger partial charge in [0.25, 0.3) is 0 Å². The van der Waals surface area contributed by atoms with Crippen molar-refractivity contribution < 1.29 is 22.3 Å². The monoisotopic (exact) mass is 469 g/mol. The molecule has 0 amide bonds. The molecule has 11 heteroatoms. The Labute approximate surface area is 191 Å². The number of aromatic nitrogens is 5. The van der Waals surface area contributed by atoms with Crippen LogP contribution in [0, 0.1) is 0 Å². The first kappa shape index (κ1) is 22.5. The second-order valence-corrected chi connectivity index (χ2v) is 9.71. The number of benzene rings is 1. The first-order chi connectivity index (χ1) is 15.9. The number of hydrogen-bond acceptors (Lipinski definition) is 9. The Balaban J connectivity index is 1.79. The summed E-state index contributed by atoms with van der Waals surface area (Å²) in [4.78, 5) is 8.01. The van der Waals surface area contributed by atoms with E-state index in [-0.39, 0.29) is 18.0 Å². The largest absolute Gasteiger partial charge is 0.494 e. The zero-order chi connectivity index (χ0) is 23.4.